The fraction of sp³-hybridized carbons (Fsp3) is 0. The van der Waals surface area contributed by atoms with Crippen LogP contribution in [0.5, 0.6) is 0 Å². The van der Waals surface area contributed by atoms with Gasteiger partial charge in [0.25, 0.3) is 0 Å². The van der Waals surface area contributed by atoms with Gasteiger partial charge in [0.15, 0.2) is 0 Å². The molecule has 0 bridgehead atoms. The Morgan fingerprint density at radius 3 is 2.53 bits per heavy atom. The van der Waals surface area contributed by atoms with Crippen LogP contribution in [0.3, 0.4) is 0 Å². The van der Waals surface area contributed by atoms with Gasteiger partial charge < -0.3 is 14.9 Å². The summed E-state index contributed by atoms with van der Waals surface area (Å²) in [4.78, 5) is 10.6. The zero-order valence-electron chi connectivity index (χ0n) is 7.68. The summed E-state index contributed by atoms with van der Waals surface area (Å²) in [6.45, 7) is 0. The fourth-order valence-corrected chi connectivity index (χ4v) is 1.13. The van der Waals surface area contributed by atoms with Crippen LogP contribution >= 0.6 is 0 Å². The molecule has 0 aliphatic heterocycles. The third-order valence-electron chi connectivity index (χ3n) is 1.85. The molecule has 0 unspecified atom stereocenters. The van der Waals surface area contributed by atoms with Crippen molar-refractivity contribution in [3.8, 4) is 0 Å². The molecule has 76 valence electrons. The van der Waals surface area contributed by atoms with Gasteiger partial charge >= 0.3 is 5.97 Å². The SMILES string of the molecule is O=C(O)c1ccc(Nc2cnoc2)cc1. The Hall–Kier alpha value is -2.30. The standard InChI is InChI=1S/C10H8N2O3/c13-10(14)7-1-3-8(4-2-7)12-9-5-11-15-6-9/h1-6,12H,(H,13,14). The van der Waals surface area contributed by atoms with Gasteiger partial charge in [0, 0.05) is 5.69 Å². The molecule has 1 aromatic carbocycles. The van der Waals surface area contributed by atoms with Gasteiger partial charge in [-0.3, -0.25) is 0 Å². The minimum absolute atomic E-state index is 0.255. The second-order valence-corrected chi connectivity index (χ2v) is 2.92. The molecule has 1 aromatic heterocycles. The van der Waals surface area contributed by atoms with Crippen LogP contribution in [0.2, 0.25) is 0 Å². The molecule has 5 heteroatoms. The smallest absolute Gasteiger partial charge is 0.335 e. The highest BCUT2D eigenvalue weighted by Crippen LogP contribution is 2.16. The van der Waals surface area contributed by atoms with Crippen molar-refractivity contribution in [3.63, 3.8) is 0 Å². The van der Waals surface area contributed by atoms with Crippen LogP contribution in [-0.2, 0) is 0 Å². The van der Waals surface area contributed by atoms with Gasteiger partial charge in [0.2, 0.25) is 0 Å². The summed E-state index contributed by atoms with van der Waals surface area (Å²) < 4.78 is 4.64. The molecule has 0 saturated heterocycles. The molecule has 0 fully saturated rings. The molecular formula is C10H8N2O3. The molecule has 1 heterocycles. The van der Waals surface area contributed by atoms with E-state index in [1.807, 2.05) is 0 Å². The maximum atomic E-state index is 10.6. The lowest BCUT2D eigenvalue weighted by molar-refractivity contribution is 0.0697. The lowest BCUT2D eigenvalue weighted by Gasteiger charge is -2.02. The van der Waals surface area contributed by atoms with Crippen LogP contribution in [-0.4, -0.2) is 16.2 Å². The summed E-state index contributed by atoms with van der Waals surface area (Å²) >= 11 is 0. The Kier molecular flexibility index (Phi) is 2.37. The molecule has 0 radical (unpaired) electrons. The molecule has 0 spiro atoms. The van der Waals surface area contributed by atoms with Crippen molar-refractivity contribution in [1.29, 1.82) is 0 Å². The number of aromatic carboxylic acids is 1. The number of carboxylic acid groups (broad SMARTS) is 1. The van der Waals surface area contributed by atoms with Gasteiger partial charge in [-0.05, 0) is 24.3 Å². The van der Waals surface area contributed by atoms with E-state index >= 15 is 0 Å². The average molecular weight is 204 g/mol. The summed E-state index contributed by atoms with van der Waals surface area (Å²) in [7, 11) is 0. The van der Waals surface area contributed by atoms with E-state index in [0.29, 0.717) is 0 Å². The highest BCUT2D eigenvalue weighted by atomic mass is 16.5. The Balaban J connectivity index is 2.14. The predicted octanol–water partition coefficient (Wildman–Crippen LogP) is 2.12. The summed E-state index contributed by atoms with van der Waals surface area (Å²) in [6, 6.07) is 6.41. The quantitative estimate of drug-likeness (QED) is 0.800. The van der Waals surface area contributed by atoms with Crippen molar-refractivity contribution >= 4 is 17.3 Å². The lowest BCUT2D eigenvalue weighted by atomic mass is 10.2. The van der Waals surface area contributed by atoms with Crippen molar-refractivity contribution in [3.05, 3.63) is 42.3 Å². The predicted molar refractivity (Wildman–Crippen MR) is 53.2 cm³/mol. The number of benzene rings is 1. The number of hydrogen-bond donors (Lipinski definition) is 2. The van der Waals surface area contributed by atoms with Gasteiger partial charge in [0.1, 0.15) is 6.26 Å². The van der Waals surface area contributed by atoms with Crippen LogP contribution in [0.4, 0.5) is 11.4 Å². The van der Waals surface area contributed by atoms with Crippen molar-refractivity contribution < 1.29 is 14.4 Å². The molecule has 15 heavy (non-hydrogen) atoms. The minimum Gasteiger partial charge on any atom is -0.478 e. The number of anilines is 2. The van der Waals surface area contributed by atoms with E-state index in [1.54, 1.807) is 12.1 Å². The molecule has 2 aromatic rings. The normalized spacial score (nSPS) is 9.87. The Labute approximate surface area is 85.3 Å². The molecule has 2 rings (SSSR count). The molecule has 2 N–H and O–H groups in total. The molecule has 5 nitrogen and oxygen atoms in total. The van der Waals surface area contributed by atoms with Gasteiger partial charge in [0.05, 0.1) is 17.4 Å². The third kappa shape index (κ3) is 2.14. The van der Waals surface area contributed by atoms with Gasteiger partial charge in [-0.15, -0.1) is 0 Å². The van der Waals surface area contributed by atoms with Crippen molar-refractivity contribution in [1.82, 2.24) is 5.16 Å². The number of hydrogen-bond acceptors (Lipinski definition) is 4. The van der Waals surface area contributed by atoms with Crippen molar-refractivity contribution in [2.45, 2.75) is 0 Å². The first kappa shape index (κ1) is 9.26. The number of carboxylic acids is 1. The average Bonchev–Trinajstić information content (AvgIpc) is 2.71. The number of rotatable bonds is 3. The van der Waals surface area contributed by atoms with E-state index in [0.717, 1.165) is 11.4 Å². The van der Waals surface area contributed by atoms with E-state index in [1.165, 1.54) is 24.6 Å². The van der Waals surface area contributed by atoms with Gasteiger partial charge in [-0.1, -0.05) is 5.16 Å². The molecule has 0 atom stereocenters. The number of aromatic nitrogens is 1. The van der Waals surface area contributed by atoms with Crippen LogP contribution in [0.15, 0.2) is 41.2 Å². The maximum Gasteiger partial charge on any atom is 0.335 e. The van der Waals surface area contributed by atoms with E-state index in [-0.39, 0.29) is 5.56 Å². The molecule has 0 aliphatic carbocycles. The first-order valence-corrected chi connectivity index (χ1v) is 4.25. The second kappa shape index (κ2) is 3.83. The fourth-order valence-electron chi connectivity index (χ4n) is 1.13. The zero-order chi connectivity index (χ0) is 10.7. The van der Waals surface area contributed by atoms with Crippen molar-refractivity contribution in [2.24, 2.45) is 0 Å². The second-order valence-electron chi connectivity index (χ2n) is 2.92. The summed E-state index contributed by atoms with van der Waals surface area (Å²) in [6.07, 6.45) is 3.00. The van der Waals surface area contributed by atoms with Gasteiger partial charge in [-0.25, -0.2) is 4.79 Å². The Bertz CT molecular complexity index is 448. The topological polar surface area (TPSA) is 75.4 Å². The minimum atomic E-state index is -0.938. The first-order valence-electron chi connectivity index (χ1n) is 4.25. The largest absolute Gasteiger partial charge is 0.478 e. The summed E-state index contributed by atoms with van der Waals surface area (Å²) in [5.74, 6) is -0.938. The highest BCUT2D eigenvalue weighted by molar-refractivity contribution is 5.88. The molecule has 0 aliphatic rings. The summed E-state index contributed by atoms with van der Waals surface area (Å²) in [5.41, 5.74) is 1.76. The van der Waals surface area contributed by atoms with E-state index in [2.05, 4.69) is 15.0 Å². The van der Waals surface area contributed by atoms with Crippen LogP contribution in [0.1, 0.15) is 10.4 Å². The number of nitrogens with one attached hydrogen (secondary N) is 1. The monoisotopic (exact) mass is 204 g/mol. The van der Waals surface area contributed by atoms with Crippen molar-refractivity contribution in [2.75, 3.05) is 5.32 Å². The first-order chi connectivity index (χ1) is 7.25. The maximum absolute atomic E-state index is 10.6. The van der Waals surface area contributed by atoms with Gasteiger partial charge in [-0.2, -0.15) is 0 Å². The Morgan fingerprint density at radius 2 is 2.00 bits per heavy atom. The zero-order valence-corrected chi connectivity index (χ0v) is 7.68. The molecular weight excluding hydrogens is 196 g/mol. The van der Waals surface area contributed by atoms with Crippen LogP contribution < -0.4 is 5.32 Å². The third-order valence-corrected chi connectivity index (χ3v) is 1.85. The molecule has 0 amide bonds. The Morgan fingerprint density at radius 1 is 1.27 bits per heavy atom. The van der Waals surface area contributed by atoms with E-state index in [9.17, 15) is 4.79 Å². The highest BCUT2D eigenvalue weighted by Gasteiger charge is 2.02. The lowest BCUT2D eigenvalue weighted by Crippen LogP contribution is -1.96. The number of nitrogens with zero attached hydrogens (tertiary/aromatic N) is 1. The number of carbonyl (C=O) groups is 1. The van der Waals surface area contributed by atoms with E-state index in [4.69, 9.17) is 5.11 Å². The molecule has 0 saturated carbocycles. The van der Waals surface area contributed by atoms with Crippen LogP contribution in [0, 0.1) is 0 Å². The van der Waals surface area contributed by atoms with Crippen LogP contribution in [0.25, 0.3) is 0 Å². The van der Waals surface area contributed by atoms with E-state index < -0.39 is 5.97 Å². The summed E-state index contributed by atoms with van der Waals surface area (Å²) in [5, 5.41) is 15.2.